The van der Waals surface area contributed by atoms with Gasteiger partial charge in [-0.15, -0.1) is 0 Å². The summed E-state index contributed by atoms with van der Waals surface area (Å²) >= 11 is 0. The fourth-order valence-electron chi connectivity index (χ4n) is 1.98. The van der Waals surface area contributed by atoms with Gasteiger partial charge in [0.05, 0.1) is 0 Å². The van der Waals surface area contributed by atoms with E-state index in [2.05, 4.69) is 26.1 Å². The predicted octanol–water partition coefficient (Wildman–Crippen LogP) is 2.03. The van der Waals surface area contributed by atoms with Crippen LogP contribution in [-0.2, 0) is 0 Å². The second kappa shape index (κ2) is 3.38. The monoisotopic (exact) mass is 141 g/mol. The Morgan fingerprint density at radius 1 is 1.40 bits per heavy atom. The molecule has 2 atom stereocenters. The number of rotatable bonds is 1. The van der Waals surface area contributed by atoms with Crippen LogP contribution in [0.4, 0.5) is 0 Å². The van der Waals surface area contributed by atoms with Gasteiger partial charge in [0.25, 0.3) is 0 Å². The summed E-state index contributed by atoms with van der Waals surface area (Å²) in [5, 5.41) is 3.51. The third-order valence-corrected chi connectivity index (χ3v) is 2.68. The topological polar surface area (TPSA) is 12.0 Å². The minimum Gasteiger partial charge on any atom is -0.314 e. The molecular formula is C9H19N. The lowest BCUT2D eigenvalue weighted by Crippen LogP contribution is -2.41. The van der Waals surface area contributed by atoms with Crippen molar-refractivity contribution in [3.8, 4) is 0 Å². The molecule has 0 aliphatic carbocycles. The third kappa shape index (κ3) is 1.72. The molecule has 0 aromatic carbocycles. The Morgan fingerprint density at radius 3 is 2.50 bits per heavy atom. The maximum absolute atomic E-state index is 3.51. The largest absolute Gasteiger partial charge is 0.314 e. The summed E-state index contributed by atoms with van der Waals surface area (Å²) in [4.78, 5) is 0. The van der Waals surface area contributed by atoms with Crippen molar-refractivity contribution < 1.29 is 0 Å². The molecule has 1 aliphatic rings. The molecule has 0 aromatic heterocycles. The van der Waals surface area contributed by atoms with Crippen molar-refractivity contribution in [2.75, 3.05) is 6.54 Å². The van der Waals surface area contributed by atoms with Crippen LogP contribution in [0.25, 0.3) is 0 Å². The van der Waals surface area contributed by atoms with E-state index in [0.29, 0.717) is 0 Å². The van der Waals surface area contributed by atoms with Crippen LogP contribution in [0, 0.1) is 11.8 Å². The van der Waals surface area contributed by atoms with E-state index in [0.717, 1.165) is 17.9 Å². The zero-order chi connectivity index (χ0) is 7.56. The summed E-state index contributed by atoms with van der Waals surface area (Å²) in [6.45, 7) is 8.19. The molecular weight excluding hydrogens is 122 g/mol. The van der Waals surface area contributed by atoms with E-state index < -0.39 is 0 Å². The highest BCUT2D eigenvalue weighted by Crippen LogP contribution is 2.23. The molecule has 0 unspecified atom stereocenters. The second-order valence-electron chi connectivity index (χ2n) is 3.79. The summed E-state index contributed by atoms with van der Waals surface area (Å²) in [6, 6.07) is 0.744. The molecule has 1 nitrogen and oxygen atoms in total. The van der Waals surface area contributed by atoms with Gasteiger partial charge >= 0.3 is 0 Å². The van der Waals surface area contributed by atoms with Crippen molar-refractivity contribution in [1.29, 1.82) is 0 Å². The van der Waals surface area contributed by atoms with Gasteiger partial charge in [0.15, 0.2) is 0 Å². The first-order valence-electron chi connectivity index (χ1n) is 4.45. The van der Waals surface area contributed by atoms with Crippen molar-refractivity contribution in [2.45, 2.75) is 39.7 Å². The molecule has 1 saturated heterocycles. The molecule has 0 aromatic rings. The fraction of sp³-hybridized carbons (Fsp3) is 1.00. The van der Waals surface area contributed by atoms with Gasteiger partial charge in [-0.25, -0.2) is 0 Å². The lowest BCUT2D eigenvalue weighted by atomic mass is 9.83. The van der Waals surface area contributed by atoms with Crippen molar-refractivity contribution >= 4 is 0 Å². The maximum atomic E-state index is 3.51. The quantitative estimate of drug-likeness (QED) is 0.589. The molecule has 0 saturated carbocycles. The fourth-order valence-corrected chi connectivity index (χ4v) is 1.98. The normalized spacial score (nSPS) is 34.8. The van der Waals surface area contributed by atoms with E-state index in [-0.39, 0.29) is 0 Å². The summed E-state index contributed by atoms with van der Waals surface area (Å²) in [7, 11) is 0. The van der Waals surface area contributed by atoms with Crippen LogP contribution in [-0.4, -0.2) is 12.6 Å². The standard InChI is InChI=1S/C9H19N/c1-7(2)9-5-4-6-10-8(9)3/h7-10H,4-6H2,1-3H3/t8-,9-/m1/s1. The summed E-state index contributed by atoms with van der Waals surface area (Å²) in [5.74, 6) is 1.76. The van der Waals surface area contributed by atoms with E-state index >= 15 is 0 Å². The van der Waals surface area contributed by atoms with Crippen LogP contribution >= 0.6 is 0 Å². The molecule has 0 spiro atoms. The van der Waals surface area contributed by atoms with Gasteiger partial charge in [-0.1, -0.05) is 13.8 Å². The summed E-state index contributed by atoms with van der Waals surface area (Å²) < 4.78 is 0. The molecule has 1 aliphatic heterocycles. The lowest BCUT2D eigenvalue weighted by molar-refractivity contribution is 0.232. The van der Waals surface area contributed by atoms with Gasteiger partial charge in [0, 0.05) is 6.04 Å². The van der Waals surface area contributed by atoms with Gasteiger partial charge in [0.2, 0.25) is 0 Å². The van der Waals surface area contributed by atoms with E-state index in [4.69, 9.17) is 0 Å². The highest BCUT2D eigenvalue weighted by atomic mass is 14.9. The molecule has 1 heterocycles. The summed E-state index contributed by atoms with van der Waals surface area (Å²) in [6.07, 6.45) is 2.79. The van der Waals surface area contributed by atoms with E-state index in [1.54, 1.807) is 0 Å². The average Bonchev–Trinajstić information content (AvgIpc) is 1.88. The number of hydrogen-bond donors (Lipinski definition) is 1. The molecule has 0 bridgehead atoms. The van der Waals surface area contributed by atoms with Crippen LogP contribution in [0.2, 0.25) is 0 Å². The van der Waals surface area contributed by atoms with Crippen molar-refractivity contribution in [1.82, 2.24) is 5.32 Å². The highest BCUT2D eigenvalue weighted by molar-refractivity contribution is 4.79. The first-order chi connectivity index (χ1) is 4.72. The Morgan fingerprint density at radius 2 is 2.10 bits per heavy atom. The first kappa shape index (κ1) is 8.06. The number of piperidine rings is 1. The van der Waals surface area contributed by atoms with E-state index in [1.807, 2.05) is 0 Å². The zero-order valence-electron chi connectivity index (χ0n) is 7.35. The Balaban J connectivity index is 2.40. The lowest BCUT2D eigenvalue weighted by Gasteiger charge is -2.32. The summed E-state index contributed by atoms with van der Waals surface area (Å²) in [5.41, 5.74) is 0. The molecule has 1 N–H and O–H groups in total. The van der Waals surface area contributed by atoms with E-state index in [9.17, 15) is 0 Å². The average molecular weight is 141 g/mol. The van der Waals surface area contributed by atoms with Gasteiger partial charge < -0.3 is 5.32 Å². The highest BCUT2D eigenvalue weighted by Gasteiger charge is 2.22. The van der Waals surface area contributed by atoms with Crippen LogP contribution < -0.4 is 5.32 Å². The molecule has 1 fully saturated rings. The van der Waals surface area contributed by atoms with Gasteiger partial charge in [0.1, 0.15) is 0 Å². The van der Waals surface area contributed by atoms with Crippen molar-refractivity contribution in [3.05, 3.63) is 0 Å². The Bertz CT molecular complexity index is 98.9. The van der Waals surface area contributed by atoms with Gasteiger partial charge in [-0.05, 0) is 38.1 Å². The van der Waals surface area contributed by atoms with Crippen LogP contribution in [0.3, 0.4) is 0 Å². The SMILES string of the molecule is CC(C)[C@H]1CCCN[C@@H]1C. The maximum Gasteiger partial charge on any atom is 0.00694 e. The van der Waals surface area contributed by atoms with Gasteiger partial charge in [-0.3, -0.25) is 0 Å². The molecule has 1 heteroatoms. The second-order valence-corrected chi connectivity index (χ2v) is 3.79. The first-order valence-corrected chi connectivity index (χ1v) is 4.45. The third-order valence-electron chi connectivity index (χ3n) is 2.68. The van der Waals surface area contributed by atoms with Crippen LogP contribution in [0.1, 0.15) is 33.6 Å². The molecule has 60 valence electrons. The molecule has 1 rings (SSSR count). The minimum absolute atomic E-state index is 0.744. The van der Waals surface area contributed by atoms with Crippen molar-refractivity contribution in [2.24, 2.45) is 11.8 Å². The molecule has 0 amide bonds. The molecule has 10 heavy (non-hydrogen) atoms. The molecule has 0 radical (unpaired) electrons. The number of nitrogens with one attached hydrogen (secondary N) is 1. The van der Waals surface area contributed by atoms with Gasteiger partial charge in [-0.2, -0.15) is 0 Å². The predicted molar refractivity (Wildman–Crippen MR) is 45.0 cm³/mol. The number of hydrogen-bond acceptors (Lipinski definition) is 1. The Labute approximate surface area is 64.2 Å². The van der Waals surface area contributed by atoms with E-state index in [1.165, 1.54) is 19.4 Å². The Hall–Kier alpha value is -0.0400. The zero-order valence-corrected chi connectivity index (χ0v) is 7.35. The minimum atomic E-state index is 0.744. The Kier molecular flexibility index (Phi) is 2.72. The smallest absolute Gasteiger partial charge is 0.00694 e. The van der Waals surface area contributed by atoms with Crippen LogP contribution in [0.5, 0.6) is 0 Å². The van der Waals surface area contributed by atoms with Crippen LogP contribution in [0.15, 0.2) is 0 Å². The van der Waals surface area contributed by atoms with Crippen molar-refractivity contribution in [3.63, 3.8) is 0 Å².